The van der Waals surface area contributed by atoms with Crippen LogP contribution in [0.2, 0.25) is 0 Å². The summed E-state index contributed by atoms with van der Waals surface area (Å²) in [5.41, 5.74) is 6.32. The zero-order chi connectivity index (χ0) is 13.9. The molecule has 0 atom stereocenters. The van der Waals surface area contributed by atoms with E-state index in [1.54, 1.807) is 30.5 Å². The molecule has 4 heteroatoms. The lowest BCUT2D eigenvalue weighted by Crippen LogP contribution is -1.98. The average molecular weight is 268 g/mol. The van der Waals surface area contributed by atoms with Crippen LogP contribution in [-0.2, 0) is 6.61 Å². The maximum absolute atomic E-state index is 13.5. The van der Waals surface area contributed by atoms with Crippen LogP contribution in [0.4, 0.5) is 10.2 Å². The van der Waals surface area contributed by atoms with E-state index in [2.05, 4.69) is 4.98 Å². The average Bonchev–Trinajstić information content (AvgIpc) is 2.46. The van der Waals surface area contributed by atoms with Crippen LogP contribution in [0.25, 0.3) is 10.8 Å². The standard InChI is InChI=1S/C16H13FN2O/c17-15-4-2-1-3-12(15)10-20-13-5-6-14-11(9-13)7-8-19-16(14)18/h1-9H,10H2,(H2,18,19). The highest BCUT2D eigenvalue weighted by Gasteiger charge is 2.04. The Kier molecular flexibility index (Phi) is 3.21. The largest absolute Gasteiger partial charge is 0.489 e. The highest BCUT2D eigenvalue weighted by atomic mass is 19.1. The Bertz CT molecular complexity index is 758. The van der Waals surface area contributed by atoms with E-state index in [1.807, 2.05) is 18.2 Å². The number of anilines is 1. The minimum absolute atomic E-state index is 0.193. The lowest BCUT2D eigenvalue weighted by molar-refractivity contribution is 0.300. The lowest BCUT2D eigenvalue weighted by atomic mass is 10.1. The number of hydrogen-bond acceptors (Lipinski definition) is 3. The fourth-order valence-electron chi connectivity index (χ4n) is 2.05. The molecule has 100 valence electrons. The summed E-state index contributed by atoms with van der Waals surface area (Å²) in [6, 6.07) is 14.0. The minimum Gasteiger partial charge on any atom is -0.489 e. The first-order valence-corrected chi connectivity index (χ1v) is 6.24. The van der Waals surface area contributed by atoms with Crippen molar-refractivity contribution in [1.82, 2.24) is 4.98 Å². The van der Waals surface area contributed by atoms with Crippen LogP contribution < -0.4 is 10.5 Å². The van der Waals surface area contributed by atoms with Crippen LogP contribution >= 0.6 is 0 Å². The molecule has 0 spiro atoms. The molecule has 0 saturated carbocycles. The van der Waals surface area contributed by atoms with E-state index in [0.717, 1.165) is 10.8 Å². The molecule has 3 rings (SSSR count). The smallest absolute Gasteiger partial charge is 0.131 e. The molecule has 0 bridgehead atoms. The van der Waals surface area contributed by atoms with Gasteiger partial charge in [0.1, 0.15) is 24.0 Å². The Morgan fingerprint density at radius 1 is 1.10 bits per heavy atom. The summed E-state index contributed by atoms with van der Waals surface area (Å²) in [6.45, 7) is 0.193. The Hall–Kier alpha value is -2.62. The zero-order valence-corrected chi connectivity index (χ0v) is 10.7. The van der Waals surface area contributed by atoms with Gasteiger partial charge in [0.25, 0.3) is 0 Å². The number of rotatable bonds is 3. The molecule has 0 saturated heterocycles. The van der Waals surface area contributed by atoms with E-state index in [1.165, 1.54) is 6.07 Å². The summed E-state index contributed by atoms with van der Waals surface area (Å²) in [6.07, 6.45) is 1.65. The maximum Gasteiger partial charge on any atom is 0.131 e. The quantitative estimate of drug-likeness (QED) is 0.790. The van der Waals surface area contributed by atoms with Crippen LogP contribution in [0.1, 0.15) is 5.56 Å². The molecule has 0 aliphatic rings. The molecule has 20 heavy (non-hydrogen) atoms. The van der Waals surface area contributed by atoms with Gasteiger partial charge < -0.3 is 10.5 Å². The van der Waals surface area contributed by atoms with Gasteiger partial charge in [-0.15, -0.1) is 0 Å². The SMILES string of the molecule is Nc1nccc2cc(OCc3ccccc3F)ccc12. The second-order valence-corrected chi connectivity index (χ2v) is 4.46. The molecule has 0 aliphatic heterocycles. The third kappa shape index (κ3) is 2.40. The minimum atomic E-state index is -0.262. The predicted molar refractivity (Wildman–Crippen MR) is 76.9 cm³/mol. The number of nitrogens with two attached hydrogens (primary N) is 1. The van der Waals surface area contributed by atoms with Gasteiger partial charge in [0.2, 0.25) is 0 Å². The van der Waals surface area contributed by atoms with E-state index in [0.29, 0.717) is 17.1 Å². The van der Waals surface area contributed by atoms with Gasteiger partial charge in [0, 0.05) is 17.1 Å². The molecular weight excluding hydrogens is 255 g/mol. The summed E-state index contributed by atoms with van der Waals surface area (Å²) in [5, 5.41) is 1.83. The fraction of sp³-hybridized carbons (Fsp3) is 0.0625. The van der Waals surface area contributed by atoms with Crippen molar-refractivity contribution in [3.05, 3.63) is 66.1 Å². The fourth-order valence-corrected chi connectivity index (χ4v) is 2.05. The molecule has 1 aromatic heterocycles. The van der Waals surface area contributed by atoms with E-state index in [-0.39, 0.29) is 12.4 Å². The molecule has 2 N–H and O–H groups in total. The summed E-state index contributed by atoms with van der Waals surface area (Å²) in [7, 11) is 0. The molecule has 2 aromatic carbocycles. The Morgan fingerprint density at radius 3 is 2.80 bits per heavy atom. The van der Waals surface area contributed by atoms with Gasteiger partial charge in [-0.2, -0.15) is 0 Å². The highest BCUT2D eigenvalue weighted by Crippen LogP contribution is 2.24. The van der Waals surface area contributed by atoms with E-state index >= 15 is 0 Å². The molecule has 0 amide bonds. The number of nitrogens with zero attached hydrogens (tertiary/aromatic N) is 1. The van der Waals surface area contributed by atoms with Gasteiger partial charge in [-0.05, 0) is 35.7 Å². The van der Waals surface area contributed by atoms with Gasteiger partial charge in [0.05, 0.1) is 0 Å². The van der Waals surface area contributed by atoms with Gasteiger partial charge in [-0.1, -0.05) is 18.2 Å². The third-order valence-corrected chi connectivity index (χ3v) is 3.12. The summed E-state index contributed by atoms with van der Waals surface area (Å²) >= 11 is 0. The normalized spacial score (nSPS) is 10.7. The van der Waals surface area contributed by atoms with Crippen molar-refractivity contribution in [2.45, 2.75) is 6.61 Å². The van der Waals surface area contributed by atoms with Crippen molar-refractivity contribution < 1.29 is 9.13 Å². The van der Waals surface area contributed by atoms with Gasteiger partial charge in [-0.25, -0.2) is 9.37 Å². The number of aromatic nitrogens is 1. The number of nitrogen functional groups attached to an aromatic ring is 1. The van der Waals surface area contributed by atoms with Gasteiger partial charge >= 0.3 is 0 Å². The van der Waals surface area contributed by atoms with Crippen molar-refractivity contribution in [3.63, 3.8) is 0 Å². The summed E-state index contributed by atoms with van der Waals surface area (Å²) in [5.74, 6) is 0.899. The number of pyridine rings is 1. The third-order valence-electron chi connectivity index (χ3n) is 3.12. The first-order chi connectivity index (χ1) is 9.74. The van der Waals surface area contributed by atoms with Gasteiger partial charge in [0.15, 0.2) is 0 Å². The van der Waals surface area contributed by atoms with Crippen LogP contribution in [0.3, 0.4) is 0 Å². The van der Waals surface area contributed by atoms with E-state index in [4.69, 9.17) is 10.5 Å². The number of hydrogen-bond donors (Lipinski definition) is 1. The lowest BCUT2D eigenvalue weighted by Gasteiger charge is -2.08. The molecule has 0 aliphatic carbocycles. The van der Waals surface area contributed by atoms with Gasteiger partial charge in [-0.3, -0.25) is 0 Å². The number of halogens is 1. The van der Waals surface area contributed by atoms with Crippen LogP contribution in [0.15, 0.2) is 54.7 Å². The van der Waals surface area contributed by atoms with Crippen molar-refractivity contribution >= 4 is 16.6 Å². The Labute approximate surface area is 115 Å². The molecule has 0 radical (unpaired) electrons. The second-order valence-electron chi connectivity index (χ2n) is 4.46. The maximum atomic E-state index is 13.5. The van der Waals surface area contributed by atoms with Crippen LogP contribution in [0, 0.1) is 5.82 Å². The van der Waals surface area contributed by atoms with Crippen LogP contribution in [0.5, 0.6) is 5.75 Å². The molecule has 3 nitrogen and oxygen atoms in total. The highest BCUT2D eigenvalue weighted by molar-refractivity contribution is 5.91. The van der Waals surface area contributed by atoms with E-state index < -0.39 is 0 Å². The predicted octanol–water partition coefficient (Wildman–Crippen LogP) is 3.54. The molecular formula is C16H13FN2O. The van der Waals surface area contributed by atoms with Crippen molar-refractivity contribution in [2.75, 3.05) is 5.73 Å². The topological polar surface area (TPSA) is 48.1 Å². The van der Waals surface area contributed by atoms with Crippen molar-refractivity contribution in [1.29, 1.82) is 0 Å². The van der Waals surface area contributed by atoms with Crippen molar-refractivity contribution in [2.24, 2.45) is 0 Å². The zero-order valence-electron chi connectivity index (χ0n) is 10.7. The molecule has 3 aromatic rings. The first-order valence-electron chi connectivity index (χ1n) is 6.24. The van der Waals surface area contributed by atoms with Crippen LogP contribution in [-0.4, -0.2) is 4.98 Å². The summed E-state index contributed by atoms with van der Waals surface area (Å²) < 4.78 is 19.1. The number of benzene rings is 2. The monoisotopic (exact) mass is 268 g/mol. The number of ether oxygens (including phenoxy) is 1. The van der Waals surface area contributed by atoms with E-state index in [9.17, 15) is 4.39 Å². The molecule has 0 fully saturated rings. The second kappa shape index (κ2) is 5.17. The molecule has 0 unspecified atom stereocenters. The molecule has 1 heterocycles. The number of fused-ring (bicyclic) bond motifs is 1. The first kappa shape index (κ1) is 12.4. The Morgan fingerprint density at radius 2 is 1.95 bits per heavy atom. The summed E-state index contributed by atoms with van der Waals surface area (Å²) in [4.78, 5) is 4.03. The Balaban J connectivity index is 1.83. The van der Waals surface area contributed by atoms with Crippen molar-refractivity contribution in [3.8, 4) is 5.75 Å².